The van der Waals surface area contributed by atoms with E-state index in [0.717, 1.165) is 11.1 Å². The van der Waals surface area contributed by atoms with Crippen molar-refractivity contribution in [3.8, 4) is 0 Å². The normalized spacial score (nSPS) is 11.7. The third kappa shape index (κ3) is 2.56. The van der Waals surface area contributed by atoms with Gasteiger partial charge in [0, 0.05) is 23.1 Å². The van der Waals surface area contributed by atoms with Gasteiger partial charge in [-0.05, 0) is 44.0 Å². The maximum Gasteiger partial charge on any atom is 0.336 e. The largest absolute Gasteiger partial charge is 0.478 e. The van der Waals surface area contributed by atoms with E-state index in [1.165, 1.54) is 6.07 Å². The molecule has 0 aliphatic rings. The Morgan fingerprint density at radius 2 is 2.00 bits per heavy atom. The Balaban J connectivity index is 2.83. The molecule has 0 fully saturated rings. The number of aromatic nitrogens is 1. The van der Waals surface area contributed by atoms with Crippen molar-refractivity contribution in [2.75, 3.05) is 0 Å². The highest BCUT2D eigenvalue weighted by molar-refractivity contribution is 7.71. The van der Waals surface area contributed by atoms with Crippen LogP contribution in [0.1, 0.15) is 41.4 Å². The summed E-state index contributed by atoms with van der Waals surface area (Å²) in [6.45, 7) is 5.86. The molecule has 0 unspecified atom stereocenters. The molecular formula is C14H17NO4S. The molecule has 0 amide bonds. The van der Waals surface area contributed by atoms with Crippen molar-refractivity contribution in [1.82, 2.24) is 4.57 Å². The standard InChI is InChI=1S/C14H17NO4S/c1-8(2)15-6-9(3)13-11(14(16)17)4-10(5-12(13)15)7-20(18)19/h4-6,8,20H,7H2,1-3H3,(H,16,17). The average Bonchev–Trinajstić information content (AvgIpc) is 2.65. The number of hydrogen-bond donors (Lipinski definition) is 2. The third-order valence-corrected chi connectivity index (χ3v) is 3.90. The Kier molecular flexibility index (Phi) is 3.85. The van der Waals surface area contributed by atoms with Crippen LogP contribution in [0.25, 0.3) is 10.9 Å². The summed E-state index contributed by atoms with van der Waals surface area (Å²) >= 11 is 0. The zero-order valence-corrected chi connectivity index (χ0v) is 12.5. The number of rotatable bonds is 4. The van der Waals surface area contributed by atoms with Crippen LogP contribution in [0.4, 0.5) is 0 Å². The van der Waals surface area contributed by atoms with E-state index in [0.29, 0.717) is 10.9 Å². The lowest BCUT2D eigenvalue weighted by Gasteiger charge is -2.11. The first-order valence-corrected chi connectivity index (χ1v) is 7.66. The number of aromatic carboxylic acids is 1. The fourth-order valence-corrected chi connectivity index (χ4v) is 2.96. The minimum atomic E-state index is -2.58. The molecule has 2 rings (SSSR count). The Bertz CT molecular complexity index is 748. The molecule has 0 bridgehead atoms. The van der Waals surface area contributed by atoms with Crippen LogP contribution in [0.5, 0.6) is 0 Å². The number of hydrogen-bond acceptors (Lipinski definition) is 3. The second-order valence-electron chi connectivity index (χ2n) is 5.15. The molecule has 0 spiro atoms. The van der Waals surface area contributed by atoms with E-state index in [1.807, 2.05) is 31.5 Å². The summed E-state index contributed by atoms with van der Waals surface area (Å²) in [4.78, 5) is 11.4. The fraction of sp³-hybridized carbons (Fsp3) is 0.357. The summed E-state index contributed by atoms with van der Waals surface area (Å²) in [5.74, 6) is -1.18. The van der Waals surface area contributed by atoms with Gasteiger partial charge in [0.25, 0.3) is 0 Å². The summed E-state index contributed by atoms with van der Waals surface area (Å²) in [6, 6.07) is 3.39. The lowest BCUT2D eigenvalue weighted by molar-refractivity contribution is 0.0699. The molecule has 0 atom stereocenters. The van der Waals surface area contributed by atoms with Gasteiger partial charge in [0.15, 0.2) is 0 Å². The molecule has 1 N–H and O–H groups in total. The molecule has 0 aliphatic heterocycles. The molecule has 2 aromatic rings. The van der Waals surface area contributed by atoms with Gasteiger partial charge in [-0.15, -0.1) is 0 Å². The zero-order valence-electron chi connectivity index (χ0n) is 11.6. The van der Waals surface area contributed by atoms with Crippen LogP contribution in [0.3, 0.4) is 0 Å². The van der Waals surface area contributed by atoms with Gasteiger partial charge in [-0.2, -0.15) is 0 Å². The second kappa shape index (κ2) is 5.28. The smallest absolute Gasteiger partial charge is 0.336 e. The summed E-state index contributed by atoms with van der Waals surface area (Å²) in [6.07, 6.45) is 1.91. The first-order chi connectivity index (χ1) is 9.31. The zero-order chi connectivity index (χ0) is 15.0. The predicted molar refractivity (Wildman–Crippen MR) is 78.0 cm³/mol. The number of fused-ring (bicyclic) bond motifs is 1. The van der Waals surface area contributed by atoms with Gasteiger partial charge in [0.2, 0.25) is 0 Å². The molecule has 20 heavy (non-hydrogen) atoms. The van der Waals surface area contributed by atoms with Crippen molar-refractivity contribution in [2.45, 2.75) is 32.6 Å². The van der Waals surface area contributed by atoms with E-state index < -0.39 is 16.7 Å². The van der Waals surface area contributed by atoms with Gasteiger partial charge in [0.1, 0.15) is 10.7 Å². The third-order valence-electron chi connectivity index (χ3n) is 3.28. The van der Waals surface area contributed by atoms with E-state index in [4.69, 9.17) is 0 Å². The number of carboxylic acids is 1. The van der Waals surface area contributed by atoms with E-state index >= 15 is 0 Å². The van der Waals surface area contributed by atoms with Crippen LogP contribution >= 0.6 is 0 Å². The minimum absolute atomic E-state index is 0.145. The average molecular weight is 295 g/mol. The van der Waals surface area contributed by atoms with Crippen molar-refractivity contribution in [1.29, 1.82) is 0 Å². The van der Waals surface area contributed by atoms with Gasteiger partial charge < -0.3 is 9.67 Å². The Morgan fingerprint density at radius 3 is 2.50 bits per heavy atom. The highest BCUT2D eigenvalue weighted by Crippen LogP contribution is 2.29. The Labute approximate surface area is 118 Å². The SMILES string of the molecule is Cc1cn(C(C)C)c2cc(C[SH](=O)=O)cc(C(=O)O)c12. The Morgan fingerprint density at radius 1 is 1.35 bits per heavy atom. The summed E-state index contributed by atoms with van der Waals surface area (Å²) in [7, 11) is -2.58. The quantitative estimate of drug-likeness (QED) is 0.849. The number of nitrogens with zero attached hydrogens (tertiary/aromatic N) is 1. The second-order valence-corrected chi connectivity index (χ2v) is 6.13. The highest BCUT2D eigenvalue weighted by atomic mass is 32.2. The van der Waals surface area contributed by atoms with Crippen molar-refractivity contribution >= 4 is 27.6 Å². The van der Waals surface area contributed by atoms with Crippen LogP contribution in [-0.2, 0) is 16.5 Å². The molecular weight excluding hydrogens is 278 g/mol. The van der Waals surface area contributed by atoms with Crippen molar-refractivity contribution in [2.24, 2.45) is 0 Å². The monoisotopic (exact) mass is 295 g/mol. The van der Waals surface area contributed by atoms with Crippen molar-refractivity contribution in [3.63, 3.8) is 0 Å². The summed E-state index contributed by atoms with van der Waals surface area (Å²) in [5, 5.41) is 10.0. The maximum absolute atomic E-state index is 11.4. The van der Waals surface area contributed by atoms with Crippen molar-refractivity contribution < 1.29 is 18.3 Å². The first-order valence-electron chi connectivity index (χ1n) is 6.30. The lowest BCUT2D eigenvalue weighted by atomic mass is 10.0. The summed E-state index contributed by atoms with van der Waals surface area (Å²) < 4.78 is 23.8. The maximum atomic E-state index is 11.4. The van der Waals surface area contributed by atoms with E-state index in [2.05, 4.69) is 0 Å². The minimum Gasteiger partial charge on any atom is -0.478 e. The number of thiol groups is 1. The van der Waals surface area contributed by atoms with Gasteiger partial charge in [-0.1, -0.05) is 0 Å². The van der Waals surface area contributed by atoms with Crippen LogP contribution < -0.4 is 0 Å². The van der Waals surface area contributed by atoms with Gasteiger partial charge >= 0.3 is 5.97 Å². The van der Waals surface area contributed by atoms with Crippen LogP contribution in [0.15, 0.2) is 18.3 Å². The van der Waals surface area contributed by atoms with Gasteiger partial charge in [0.05, 0.1) is 11.3 Å². The van der Waals surface area contributed by atoms with Crippen LogP contribution in [-0.4, -0.2) is 24.1 Å². The van der Waals surface area contributed by atoms with E-state index in [1.54, 1.807) is 6.07 Å². The van der Waals surface area contributed by atoms with E-state index in [9.17, 15) is 18.3 Å². The molecule has 6 heteroatoms. The number of aryl methyl sites for hydroxylation is 1. The predicted octanol–water partition coefficient (Wildman–Crippen LogP) is 2.34. The number of carbonyl (C=O) groups is 1. The fourth-order valence-electron chi connectivity index (χ4n) is 2.48. The van der Waals surface area contributed by atoms with Gasteiger partial charge in [-0.3, -0.25) is 0 Å². The summed E-state index contributed by atoms with van der Waals surface area (Å²) in [5.41, 5.74) is 2.31. The molecule has 0 saturated heterocycles. The molecule has 5 nitrogen and oxygen atoms in total. The number of benzene rings is 1. The number of carboxylic acid groups (broad SMARTS) is 1. The molecule has 0 saturated carbocycles. The first kappa shape index (κ1) is 14.6. The van der Waals surface area contributed by atoms with E-state index in [-0.39, 0.29) is 17.4 Å². The molecule has 1 aromatic carbocycles. The van der Waals surface area contributed by atoms with Gasteiger partial charge in [-0.25, -0.2) is 13.2 Å². The lowest BCUT2D eigenvalue weighted by Crippen LogP contribution is -2.03. The molecule has 1 aromatic heterocycles. The molecule has 0 aliphatic carbocycles. The molecule has 0 radical (unpaired) electrons. The van der Waals surface area contributed by atoms with Crippen LogP contribution in [0.2, 0.25) is 0 Å². The van der Waals surface area contributed by atoms with Crippen LogP contribution in [0, 0.1) is 6.92 Å². The molecule has 108 valence electrons. The highest BCUT2D eigenvalue weighted by Gasteiger charge is 2.17. The van der Waals surface area contributed by atoms with Crippen molar-refractivity contribution in [3.05, 3.63) is 35.0 Å². The molecule has 1 heterocycles. The topological polar surface area (TPSA) is 76.4 Å². The Hall–Kier alpha value is -1.82.